The third-order valence-electron chi connectivity index (χ3n) is 7.15. The Bertz CT molecular complexity index is 884. The van der Waals surface area contributed by atoms with E-state index in [0.29, 0.717) is 25.8 Å². The molecule has 2 aliphatic heterocycles. The lowest BCUT2D eigenvalue weighted by molar-refractivity contribution is -0.148. The number of nitrogens with zero attached hydrogens (tertiary/aromatic N) is 2. The first-order valence-corrected chi connectivity index (χ1v) is 13.5. The molecule has 2 fully saturated rings. The molecule has 2 saturated heterocycles. The molecule has 1 N–H and O–H groups in total. The van der Waals surface area contributed by atoms with Crippen LogP contribution < -0.4 is 5.32 Å². The molecule has 0 aliphatic carbocycles. The second-order valence-electron chi connectivity index (χ2n) is 10.2. The molecule has 0 radical (unpaired) electrons. The van der Waals surface area contributed by atoms with E-state index in [-0.39, 0.29) is 24.9 Å². The number of ether oxygens (including phenoxy) is 1. The van der Waals surface area contributed by atoms with Crippen molar-refractivity contribution in [3.05, 3.63) is 35.9 Å². The summed E-state index contributed by atoms with van der Waals surface area (Å²) in [4.78, 5) is 55.3. The Kier molecular flexibility index (Phi) is 10.9. The summed E-state index contributed by atoms with van der Waals surface area (Å²) in [6, 6.07) is 7.73. The molecule has 2 heterocycles. The summed E-state index contributed by atoms with van der Waals surface area (Å²) in [5.74, 6) is -1.16. The smallest absolute Gasteiger partial charge is 0.408 e. The largest absolute Gasteiger partial charge is 0.445 e. The first kappa shape index (κ1) is 27.8. The highest BCUT2D eigenvalue weighted by Crippen LogP contribution is 2.22. The number of Topliss-reactive ketones (excluding diaryl/α,β-unsaturated/α-hetero) is 2. The Hall–Kier alpha value is -2.74. The molecule has 1 aromatic carbocycles. The molecule has 1 unspecified atom stereocenters. The summed E-state index contributed by atoms with van der Waals surface area (Å²) in [7, 11) is 0. The van der Waals surface area contributed by atoms with Gasteiger partial charge in [-0.05, 0) is 69.6 Å². The Morgan fingerprint density at radius 2 is 1.81 bits per heavy atom. The number of carbonyl (C=O) groups excluding carboxylic acids is 4. The molecular formula is C28H41N3O5. The predicted octanol–water partition coefficient (Wildman–Crippen LogP) is 3.72. The minimum Gasteiger partial charge on any atom is -0.445 e. The van der Waals surface area contributed by atoms with E-state index in [1.807, 2.05) is 44.2 Å². The number of piperidine rings is 2. The van der Waals surface area contributed by atoms with Gasteiger partial charge in [0.2, 0.25) is 17.5 Å². The van der Waals surface area contributed by atoms with Crippen molar-refractivity contribution in [2.24, 2.45) is 5.92 Å². The van der Waals surface area contributed by atoms with Gasteiger partial charge in [0.1, 0.15) is 12.6 Å². The van der Waals surface area contributed by atoms with E-state index in [9.17, 15) is 19.2 Å². The number of amides is 2. The third-order valence-corrected chi connectivity index (χ3v) is 7.15. The van der Waals surface area contributed by atoms with Crippen molar-refractivity contribution >= 4 is 23.6 Å². The fraction of sp³-hybridized carbons (Fsp3) is 0.643. The van der Waals surface area contributed by atoms with E-state index in [1.54, 1.807) is 0 Å². The highest BCUT2D eigenvalue weighted by atomic mass is 16.5. The maximum atomic E-state index is 13.2. The number of hydrogen-bond acceptors (Lipinski definition) is 6. The fourth-order valence-corrected chi connectivity index (χ4v) is 5.17. The van der Waals surface area contributed by atoms with Crippen molar-refractivity contribution in [3.63, 3.8) is 0 Å². The maximum absolute atomic E-state index is 13.2. The van der Waals surface area contributed by atoms with Crippen molar-refractivity contribution in [3.8, 4) is 0 Å². The standard InChI is InChI=1S/C28H41N3O5/c1-3-24(26(33)25(32)14-8-11-17-30-15-9-5-10-16-30)31-19-21(2)18-23(27(31)34)29-28(35)36-20-22-12-6-4-7-13-22/h4,6-7,12-13,21,23-24H,3,5,8-11,14-20H2,1-2H3,(H,29,35)/t21?,23-,24-/m1/s1. The van der Waals surface area contributed by atoms with E-state index < -0.39 is 29.7 Å². The zero-order chi connectivity index (χ0) is 25.9. The molecule has 2 aliphatic rings. The van der Waals surface area contributed by atoms with Gasteiger partial charge in [-0.25, -0.2) is 4.79 Å². The van der Waals surface area contributed by atoms with E-state index >= 15 is 0 Å². The summed E-state index contributed by atoms with van der Waals surface area (Å²) in [5, 5.41) is 2.67. The molecule has 36 heavy (non-hydrogen) atoms. The molecule has 8 heteroatoms. The van der Waals surface area contributed by atoms with Crippen LogP contribution in [0, 0.1) is 5.92 Å². The van der Waals surface area contributed by atoms with Crippen LogP contribution in [0.4, 0.5) is 4.79 Å². The van der Waals surface area contributed by atoms with Gasteiger partial charge in [-0.15, -0.1) is 0 Å². The van der Waals surface area contributed by atoms with Gasteiger partial charge in [0, 0.05) is 13.0 Å². The maximum Gasteiger partial charge on any atom is 0.408 e. The number of carbonyl (C=O) groups is 4. The van der Waals surface area contributed by atoms with Crippen LogP contribution in [0.1, 0.15) is 70.8 Å². The van der Waals surface area contributed by atoms with Crippen molar-refractivity contribution in [1.29, 1.82) is 0 Å². The van der Waals surface area contributed by atoms with Gasteiger partial charge < -0.3 is 19.9 Å². The summed E-state index contributed by atoms with van der Waals surface area (Å²) in [6.45, 7) is 7.49. The fourth-order valence-electron chi connectivity index (χ4n) is 5.17. The van der Waals surface area contributed by atoms with Crippen LogP contribution in [0.2, 0.25) is 0 Å². The number of unbranched alkanes of at least 4 members (excludes halogenated alkanes) is 1. The number of hydrogen-bond donors (Lipinski definition) is 1. The van der Waals surface area contributed by atoms with Crippen LogP contribution in [0.3, 0.4) is 0 Å². The minimum atomic E-state index is -0.792. The number of ketones is 2. The van der Waals surface area contributed by atoms with E-state index in [1.165, 1.54) is 24.2 Å². The Labute approximate surface area is 214 Å². The number of rotatable bonds is 12. The first-order valence-electron chi connectivity index (χ1n) is 13.5. The normalized spacial score (nSPS) is 21.6. The number of benzene rings is 1. The van der Waals surface area contributed by atoms with Gasteiger partial charge in [0.05, 0.1) is 6.04 Å². The Morgan fingerprint density at radius 3 is 2.50 bits per heavy atom. The van der Waals surface area contributed by atoms with Gasteiger partial charge in [0.15, 0.2) is 0 Å². The summed E-state index contributed by atoms with van der Waals surface area (Å²) in [5.41, 5.74) is 0.851. The van der Waals surface area contributed by atoms with Crippen LogP contribution in [0.5, 0.6) is 0 Å². The van der Waals surface area contributed by atoms with Gasteiger partial charge >= 0.3 is 6.09 Å². The molecule has 0 bridgehead atoms. The van der Waals surface area contributed by atoms with Crippen LogP contribution in [0.15, 0.2) is 30.3 Å². The quantitative estimate of drug-likeness (QED) is 0.348. The van der Waals surface area contributed by atoms with Crippen LogP contribution in [-0.2, 0) is 25.7 Å². The molecule has 3 rings (SSSR count). The zero-order valence-corrected chi connectivity index (χ0v) is 21.7. The highest BCUT2D eigenvalue weighted by molar-refractivity contribution is 6.39. The minimum absolute atomic E-state index is 0.0728. The average Bonchev–Trinajstić information content (AvgIpc) is 2.89. The zero-order valence-electron chi connectivity index (χ0n) is 21.7. The average molecular weight is 500 g/mol. The summed E-state index contributed by atoms with van der Waals surface area (Å²) < 4.78 is 5.28. The van der Waals surface area contributed by atoms with Gasteiger partial charge in [0.25, 0.3) is 0 Å². The van der Waals surface area contributed by atoms with Crippen LogP contribution in [-0.4, -0.2) is 71.6 Å². The molecule has 8 nitrogen and oxygen atoms in total. The SMILES string of the molecule is CC[C@H](C(=O)C(=O)CCCCN1CCCCC1)N1CC(C)C[C@@H](NC(=O)OCc2ccccc2)C1=O. The van der Waals surface area contributed by atoms with Gasteiger partial charge in [-0.1, -0.05) is 50.6 Å². The lowest BCUT2D eigenvalue weighted by atomic mass is 9.91. The summed E-state index contributed by atoms with van der Waals surface area (Å²) >= 11 is 0. The van der Waals surface area contributed by atoms with Gasteiger partial charge in [-0.3, -0.25) is 14.4 Å². The molecule has 3 atom stereocenters. The van der Waals surface area contributed by atoms with Gasteiger partial charge in [-0.2, -0.15) is 0 Å². The second kappa shape index (κ2) is 14.1. The third kappa shape index (κ3) is 8.15. The lowest BCUT2D eigenvalue weighted by Crippen LogP contribution is -2.59. The molecule has 198 valence electrons. The first-order chi connectivity index (χ1) is 17.4. The molecule has 0 spiro atoms. The van der Waals surface area contributed by atoms with Crippen molar-refractivity contribution < 1.29 is 23.9 Å². The summed E-state index contributed by atoms with van der Waals surface area (Å²) in [6.07, 6.45) is 5.71. The number of alkyl carbamates (subject to hydrolysis) is 1. The second-order valence-corrected chi connectivity index (χ2v) is 10.2. The Morgan fingerprint density at radius 1 is 1.08 bits per heavy atom. The topological polar surface area (TPSA) is 96.0 Å². The molecular weight excluding hydrogens is 458 g/mol. The van der Waals surface area contributed by atoms with Crippen molar-refractivity contribution in [2.45, 2.75) is 83.9 Å². The highest BCUT2D eigenvalue weighted by Gasteiger charge is 2.40. The number of likely N-dealkylation sites (tertiary alicyclic amines) is 2. The lowest BCUT2D eigenvalue weighted by Gasteiger charge is -2.39. The number of nitrogens with one attached hydrogen (secondary N) is 1. The predicted molar refractivity (Wildman–Crippen MR) is 137 cm³/mol. The van der Waals surface area contributed by atoms with Crippen LogP contribution in [0.25, 0.3) is 0 Å². The Balaban J connectivity index is 1.50. The molecule has 2 amide bonds. The van der Waals surface area contributed by atoms with E-state index in [2.05, 4.69) is 10.2 Å². The molecule has 0 aromatic heterocycles. The van der Waals surface area contributed by atoms with E-state index in [0.717, 1.165) is 31.6 Å². The monoisotopic (exact) mass is 499 g/mol. The van der Waals surface area contributed by atoms with E-state index in [4.69, 9.17) is 4.74 Å². The molecule has 1 aromatic rings. The molecule has 0 saturated carbocycles. The van der Waals surface area contributed by atoms with Crippen molar-refractivity contribution in [1.82, 2.24) is 15.1 Å². The van der Waals surface area contributed by atoms with Crippen molar-refractivity contribution in [2.75, 3.05) is 26.2 Å². The van der Waals surface area contributed by atoms with Crippen LogP contribution >= 0.6 is 0 Å².